The smallest absolute Gasteiger partial charge is 0.137 e. The van der Waals surface area contributed by atoms with E-state index in [4.69, 9.17) is 0 Å². The lowest BCUT2D eigenvalue weighted by molar-refractivity contribution is 1.32. The van der Waals surface area contributed by atoms with Crippen LogP contribution >= 0.6 is 0 Å². The standard InChI is InChI=1S/C18H14N2/c1-2-5-13(6-3-1)14-8-9-15(11-14)17-12-20-18-16(17)7-4-10-19-18/h1-7,9-12H,8H2,(H,19,20). The highest BCUT2D eigenvalue weighted by Gasteiger charge is 2.13. The second kappa shape index (κ2) is 4.49. The van der Waals surface area contributed by atoms with Gasteiger partial charge in [0.05, 0.1) is 0 Å². The van der Waals surface area contributed by atoms with E-state index < -0.39 is 0 Å². The molecular weight excluding hydrogens is 244 g/mol. The van der Waals surface area contributed by atoms with Crippen LogP contribution in [0, 0.1) is 0 Å². The van der Waals surface area contributed by atoms with E-state index in [0.29, 0.717) is 0 Å². The maximum atomic E-state index is 4.35. The zero-order valence-corrected chi connectivity index (χ0v) is 11.0. The summed E-state index contributed by atoms with van der Waals surface area (Å²) >= 11 is 0. The second-order valence-electron chi connectivity index (χ2n) is 5.00. The lowest BCUT2D eigenvalue weighted by Gasteiger charge is -2.00. The SMILES string of the molecule is C1=C(c2ccccc2)CC=C1c1c[nH]c2ncccc12. The van der Waals surface area contributed by atoms with Gasteiger partial charge in [0.2, 0.25) is 0 Å². The van der Waals surface area contributed by atoms with Gasteiger partial charge < -0.3 is 4.98 Å². The molecule has 2 heteroatoms. The van der Waals surface area contributed by atoms with Crippen LogP contribution in [0.5, 0.6) is 0 Å². The molecule has 0 amide bonds. The molecule has 96 valence electrons. The molecule has 0 unspecified atom stereocenters. The maximum Gasteiger partial charge on any atom is 0.137 e. The van der Waals surface area contributed by atoms with Crippen molar-refractivity contribution in [2.24, 2.45) is 0 Å². The van der Waals surface area contributed by atoms with Crippen LogP contribution in [0.1, 0.15) is 17.5 Å². The summed E-state index contributed by atoms with van der Waals surface area (Å²) in [7, 11) is 0. The predicted molar refractivity (Wildman–Crippen MR) is 83.1 cm³/mol. The summed E-state index contributed by atoms with van der Waals surface area (Å²) < 4.78 is 0. The van der Waals surface area contributed by atoms with Crippen molar-refractivity contribution in [3.63, 3.8) is 0 Å². The normalized spacial score (nSPS) is 14.4. The van der Waals surface area contributed by atoms with Crippen molar-refractivity contribution in [3.05, 3.63) is 78.1 Å². The third-order valence-electron chi connectivity index (χ3n) is 3.78. The number of rotatable bonds is 2. The molecule has 0 atom stereocenters. The van der Waals surface area contributed by atoms with E-state index >= 15 is 0 Å². The van der Waals surface area contributed by atoms with E-state index in [1.807, 2.05) is 18.5 Å². The van der Waals surface area contributed by atoms with Crippen molar-refractivity contribution < 1.29 is 0 Å². The average Bonchev–Trinajstić information content (AvgIpc) is 3.14. The number of hydrogen-bond acceptors (Lipinski definition) is 1. The van der Waals surface area contributed by atoms with E-state index in [2.05, 4.69) is 58.5 Å². The molecule has 3 aromatic rings. The predicted octanol–water partition coefficient (Wildman–Crippen LogP) is 4.43. The highest BCUT2D eigenvalue weighted by molar-refractivity contribution is 5.98. The van der Waals surface area contributed by atoms with Gasteiger partial charge in [0.15, 0.2) is 0 Å². The number of H-pyrrole nitrogens is 1. The topological polar surface area (TPSA) is 28.7 Å². The molecule has 2 nitrogen and oxygen atoms in total. The molecule has 0 spiro atoms. The highest BCUT2D eigenvalue weighted by atomic mass is 14.8. The summed E-state index contributed by atoms with van der Waals surface area (Å²) in [5.74, 6) is 0. The molecule has 1 N–H and O–H groups in total. The first-order valence-corrected chi connectivity index (χ1v) is 6.80. The Morgan fingerprint density at radius 3 is 2.80 bits per heavy atom. The van der Waals surface area contributed by atoms with Gasteiger partial charge in [-0.1, -0.05) is 42.5 Å². The van der Waals surface area contributed by atoms with Crippen LogP contribution in [0.3, 0.4) is 0 Å². The summed E-state index contributed by atoms with van der Waals surface area (Å²) in [6.45, 7) is 0. The van der Waals surface area contributed by atoms with Crippen molar-refractivity contribution >= 4 is 22.2 Å². The molecule has 0 fully saturated rings. The molecule has 2 heterocycles. The zero-order chi connectivity index (χ0) is 13.4. The van der Waals surface area contributed by atoms with E-state index in [9.17, 15) is 0 Å². The van der Waals surface area contributed by atoms with Crippen LogP contribution in [0.4, 0.5) is 0 Å². The Morgan fingerprint density at radius 1 is 1.00 bits per heavy atom. The first-order chi connectivity index (χ1) is 9.92. The second-order valence-corrected chi connectivity index (χ2v) is 5.00. The number of nitrogens with one attached hydrogen (secondary N) is 1. The van der Waals surface area contributed by atoms with E-state index in [1.165, 1.54) is 27.7 Å². The summed E-state index contributed by atoms with van der Waals surface area (Å²) in [6.07, 6.45) is 9.43. The van der Waals surface area contributed by atoms with E-state index in [0.717, 1.165) is 12.1 Å². The number of aromatic nitrogens is 2. The van der Waals surface area contributed by atoms with Gasteiger partial charge in [-0.3, -0.25) is 0 Å². The molecule has 0 bridgehead atoms. The number of aromatic amines is 1. The minimum absolute atomic E-state index is 0.949. The third kappa shape index (κ3) is 1.77. The fourth-order valence-electron chi connectivity index (χ4n) is 2.76. The fourth-order valence-corrected chi connectivity index (χ4v) is 2.76. The lowest BCUT2D eigenvalue weighted by atomic mass is 10.0. The van der Waals surface area contributed by atoms with Gasteiger partial charge in [0, 0.05) is 23.3 Å². The maximum absolute atomic E-state index is 4.35. The minimum atomic E-state index is 0.949. The number of allylic oxidation sites excluding steroid dienone is 4. The lowest BCUT2D eigenvalue weighted by Crippen LogP contribution is -1.79. The molecule has 1 aliphatic carbocycles. The van der Waals surface area contributed by atoms with Gasteiger partial charge in [-0.05, 0) is 35.3 Å². The molecule has 1 aliphatic rings. The Morgan fingerprint density at radius 2 is 1.90 bits per heavy atom. The first kappa shape index (κ1) is 11.2. The Kier molecular flexibility index (Phi) is 2.52. The fraction of sp³-hybridized carbons (Fsp3) is 0.0556. The summed E-state index contributed by atoms with van der Waals surface area (Å²) in [6, 6.07) is 14.7. The van der Waals surface area contributed by atoms with Crippen molar-refractivity contribution in [1.29, 1.82) is 0 Å². The monoisotopic (exact) mass is 258 g/mol. The third-order valence-corrected chi connectivity index (χ3v) is 3.78. The summed E-state index contributed by atoms with van der Waals surface area (Å²) in [5.41, 5.74) is 6.14. The highest BCUT2D eigenvalue weighted by Crippen LogP contribution is 2.34. The van der Waals surface area contributed by atoms with Gasteiger partial charge in [0.25, 0.3) is 0 Å². The van der Waals surface area contributed by atoms with Crippen LogP contribution in [-0.4, -0.2) is 9.97 Å². The molecule has 0 aliphatic heterocycles. The molecule has 0 radical (unpaired) electrons. The van der Waals surface area contributed by atoms with Gasteiger partial charge in [-0.15, -0.1) is 0 Å². The van der Waals surface area contributed by atoms with Crippen molar-refractivity contribution in [1.82, 2.24) is 9.97 Å². The van der Waals surface area contributed by atoms with Gasteiger partial charge in [0.1, 0.15) is 5.65 Å². The Balaban J connectivity index is 1.76. The minimum Gasteiger partial charge on any atom is -0.346 e. The number of hydrogen-bond donors (Lipinski definition) is 1. The summed E-state index contributed by atoms with van der Waals surface area (Å²) in [4.78, 5) is 7.59. The summed E-state index contributed by atoms with van der Waals surface area (Å²) in [5, 5.41) is 1.18. The molecule has 2 aromatic heterocycles. The molecule has 4 rings (SSSR count). The molecule has 20 heavy (non-hydrogen) atoms. The Labute approximate surface area is 117 Å². The van der Waals surface area contributed by atoms with Gasteiger partial charge in [-0.2, -0.15) is 0 Å². The average molecular weight is 258 g/mol. The number of fused-ring (bicyclic) bond motifs is 1. The van der Waals surface area contributed by atoms with Crippen molar-refractivity contribution in [2.75, 3.05) is 0 Å². The Bertz CT molecular complexity index is 823. The van der Waals surface area contributed by atoms with Crippen molar-refractivity contribution in [3.8, 4) is 0 Å². The first-order valence-electron chi connectivity index (χ1n) is 6.80. The number of pyridine rings is 1. The zero-order valence-electron chi connectivity index (χ0n) is 11.0. The molecular formula is C18H14N2. The van der Waals surface area contributed by atoms with Crippen LogP contribution in [-0.2, 0) is 0 Å². The van der Waals surface area contributed by atoms with Gasteiger partial charge >= 0.3 is 0 Å². The van der Waals surface area contributed by atoms with E-state index in [-0.39, 0.29) is 0 Å². The number of benzene rings is 1. The van der Waals surface area contributed by atoms with E-state index in [1.54, 1.807) is 0 Å². The molecule has 0 saturated carbocycles. The van der Waals surface area contributed by atoms with Crippen LogP contribution in [0.15, 0.2) is 67.0 Å². The molecule has 0 saturated heterocycles. The largest absolute Gasteiger partial charge is 0.346 e. The van der Waals surface area contributed by atoms with Crippen LogP contribution in [0.25, 0.3) is 22.2 Å². The Hall–Kier alpha value is -2.61. The number of nitrogens with zero attached hydrogens (tertiary/aromatic N) is 1. The van der Waals surface area contributed by atoms with Crippen molar-refractivity contribution in [2.45, 2.75) is 6.42 Å². The van der Waals surface area contributed by atoms with Crippen LogP contribution in [0.2, 0.25) is 0 Å². The molecule has 1 aromatic carbocycles. The van der Waals surface area contributed by atoms with Crippen LogP contribution < -0.4 is 0 Å². The quantitative estimate of drug-likeness (QED) is 0.723. The van der Waals surface area contributed by atoms with Gasteiger partial charge in [-0.25, -0.2) is 4.98 Å².